The fraction of sp³-hybridized carbons (Fsp3) is 0.200. The van der Waals surface area contributed by atoms with E-state index in [2.05, 4.69) is 5.32 Å². The molecule has 1 aliphatic rings. The van der Waals surface area contributed by atoms with Crippen LogP contribution in [0.1, 0.15) is 25.3 Å². The van der Waals surface area contributed by atoms with Crippen molar-refractivity contribution in [3.05, 3.63) is 65.6 Å². The number of anilines is 1. The Morgan fingerprint density at radius 2 is 1.82 bits per heavy atom. The van der Waals surface area contributed by atoms with Gasteiger partial charge in [-0.3, -0.25) is 13.9 Å². The van der Waals surface area contributed by atoms with Crippen molar-refractivity contribution in [1.29, 1.82) is 0 Å². The molecule has 0 bridgehead atoms. The van der Waals surface area contributed by atoms with Crippen LogP contribution in [0, 0.1) is 5.82 Å². The van der Waals surface area contributed by atoms with Crippen molar-refractivity contribution in [2.75, 3.05) is 11.9 Å². The smallest absolute Gasteiger partial charge is 0.264 e. The lowest BCUT2D eigenvalue weighted by atomic mass is 10.1. The lowest BCUT2D eigenvalue weighted by Gasteiger charge is -2.30. The molecule has 1 saturated heterocycles. The second kappa shape index (κ2) is 7.93. The van der Waals surface area contributed by atoms with Crippen LogP contribution in [-0.4, -0.2) is 31.0 Å². The van der Waals surface area contributed by atoms with Crippen LogP contribution < -0.4 is 5.32 Å². The van der Waals surface area contributed by atoms with E-state index in [-0.39, 0.29) is 47.2 Å². The number of allylic oxidation sites excluding steroid dienone is 1. The van der Waals surface area contributed by atoms with Gasteiger partial charge in [0.05, 0.1) is 4.90 Å². The Bertz CT molecular complexity index is 1050. The Kier molecular flexibility index (Phi) is 5.60. The molecule has 3 rings (SSSR count). The van der Waals surface area contributed by atoms with E-state index in [1.54, 1.807) is 6.07 Å². The molecular weight excluding hydrogens is 383 g/mol. The van der Waals surface area contributed by atoms with Gasteiger partial charge in [0.1, 0.15) is 11.6 Å². The number of halogens is 1. The highest BCUT2D eigenvalue weighted by Gasteiger charge is 2.31. The Hall–Kier alpha value is -3.00. The summed E-state index contributed by atoms with van der Waals surface area (Å²) in [5, 5.41) is 2.57. The Balaban J connectivity index is 1.97. The summed E-state index contributed by atoms with van der Waals surface area (Å²) in [5.74, 6) is -0.861. The molecule has 8 heteroatoms. The number of ketones is 1. The van der Waals surface area contributed by atoms with E-state index in [0.717, 1.165) is 4.31 Å². The molecule has 28 heavy (non-hydrogen) atoms. The number of amides is 1. The van der Waals surface area contributed by atoms with Crippen molar-refractivity contribution < 1.29 is 22.4 Å². The van der Waals surface area contributed by atoms with Gasteiger partial charge < -0.3 is 5.32 Å². The standard InChI is InChI=1S/C20H19FN2O4S/c1-14(24)22-16-6-8-19(9-7-16)28(26,27)23-11-10-18(25)13-17(23)12-15-4-2-3-5-20(15)21/h2-9,12H,10-11,13H2,1H3,(H,22,24). The number of hydrogen-bond donors (Lipinski definition) is 1. The number of sulfonamides is 1. The minimum absolute atomic E-state index is 0.00506. The van der Waals surface area contributed by atoms with Gasteiger partial charge in [0, 0.05) is 43.3 Å². The van der Waals surface area contributed by atoms with Crippen LogP contribution in [0.3, 0.4) is 0 Å². The number of nitrogens with zero attached hydrogens (tertiary/aromatic N) is 1. The first-order chi connectivity index (χ1) is 13.3. The van der Waals surface area contributed by atoms with E-state index in [0.29, 0.717) is 5.69 Å². The molecule has 0 radical (unpaired) electrons. The van der Waals surface area contributed by atoms with Gasteiger partial charge >= 0.3 is 0 Å². The molecule has 0 aliphatic carbocycles. The van der Waals surface area contributed by atoms with Crippen molar-refractivity contribution in [2.24, 2.45) is 0 Å². The van der Waals surface area contributed by atoms with Gasteiger partial charge in [-0.1, -0.05) is 18.2 Å². The molecule has 0 aromatic heterocycles. The number of rotatable bonds is 4. The van der Waals surface area contributed by atoms with Crippen molar-refractivity contribution in [3.63, 3.8) is 0 Å². The van der Waals surface area contributed by atoms with Gasteiger partial charge in [0.15, 0.2) is 0 Å². The van der Waals surface area contributed by atoms with E-state index in [9.17, 15) is 22.4 Å². The first kappa shape index (κ1) is 19.8. The van der Waals surface area contributed by atoms with Crippen LogP contribution >= 0.6 is 0 Å². The second-order valence-electron chi connectivity index (χ2n) is 6.41. The third-order valence-electron chi connectivity index (χ3n) is 4.28. The highest BCUT2D eigenvalue weighted by Crippen LogP contribution is 2.29. The number of piperidine rings is 1. The molecule has 1 aliphatic heterocycles. The number of Topliss-reactive ketones (excluding diaryl/α,β-unsaturated/α-hetero) is 1. The molecule has 0 unspecified atom stereocenters. The summed E-state index contributed by atoms with van der Waals surface area (Å²) >= 11 is 0. The second-order valence-corrected chi connectivity index (χ2v) is 8.27. The summed E-state index contributed by atoms with van der Waals surface area (Å²) < 4.78 is 41.4. The quantitative estimate of drug-likeness (QED) is 0.851. The fourth-order valence-corrected chi connectivity index (χ4v) is 4.45. The summed E-state index contributed by atoms with van der Waals surface area (Å²) in [4.78, 5) is 23.0. The molecule has 6 nitrogen and oxygen atoms in total. The lowest BCUT2D eigenvalue weighted by Crippen LogP contribution is -2.37. The average Bonchev–Trinajstić information content (AvgIpc) is 2.63. The predicted molar refractivity (Wildman–Crippen MR) is 103 cm³/mol. The van der Waals surface area contributed by atoms with Crippen LogP contribution in [-0.2, 0) is 19.6 Å². The average molecular weight is 402 g/mol. The minimum atomic E-state index is -3.94. The monoisotopic (exact) mass is 402 g/mol. The molecule has 1 heterocycles. The summed E-state index contributed by atoms with van der Waals surface area (Å²) in [5.41, 5.74) is 0.920. The zero-order chi connectivity index (χ0) is 20.3. The van der Waals surface area contributed by atoms with Gasteiger partial charge in [-0.05, 0) is 36.4 Å². The highest BCUT2D eigenvalue weighted by atomic mass is 32.2. The molecule has 0 spiro atoms. The molecule has 0 saturated carbocycles. The maximum Gasteiger partial charge on any atom is 0.264 e. The zero-order valence-corrected chi connectivity index (χ0v) is 16.0. The first-order valence-corrected chi connectivity index (χ1v) is 10.1. The lowest BCUT2D eigenvalue weighted by molar-refractivity contribution is -0.119. The Morgan fingerprint density at radius 3 is 2.46 bits per heavy atom. The number of benzene rings is 2. The SMILES string of the molecule is CC(=O)Nc1ccc(S(=O)(=O)N2CCC(=O)CC2=Cc2ccccc2F)cc1. The largest absolute Gasteiger partial charge is 0.326 e. The molecule has 146 valence electrons. The van der Waals surface area contributed by atoms with E-state index < -0.39 is 15.8 Å². The Labute approximate surface area is 162 Å². The number of hydrogen-bond acceptors (Lipinski definition) is 4. The Morgan fingerprint density at radius 1 is 1.14 bits per heavy atom. The minimum Gasteiger partial charge on any atom is -0.326 e. The van der Waals surface area contributed by atoms with Crippen molar-refractivity contribution in [1.82, 2.24) is 4.31 Å². The maximum absolute atomic E-state index is 14.0. The molecule has 1 amide bonds. The van der Waals surface area contributed by atoms with Gasteiger partial charge in [-0.25, -0.2) is 12.8 Å². The van der Waals surface area contributed by atoms with Crippen molar-refractivity contribution >= 4 is 33.5 Å². The van der Waals surface area contributed by atoms with E-state index >= 15 is 0 Å². The third-order valence-corrected chi connectivity index (χ3v) is 6.15. The molecule has 2 aromatic rings. The summed E-state index contributed by atoms with van der Waals surface area (Å²) in [6, 6.07) is 11.7. The molecule has 1 N–H and O–H groups in total. The molecular formula is C20H19FN2O4S. The van der Waals surface area contributed by atoms with Gasteiger partial charge in [0.2, 0.25) is 5.91 Å². The van der Waals surface area contributed by atoms with Gasteiger partial charge in [-0.15, -0.1) is 0 Å². The van der Waals surface area contributed by atoms with Crippen molar-refractivity contribution in [3.8, 4) is 0 Å². The molecule has 1 fully saturated rings. The summed E-state index contributed by atoms with van der Waals surface area (Å²) in [7, 11) is -3.94. The third kappa shape index (κ3) is 4.28. The summed E-state index contributed by atoms with van der Waals surface area (Å²) in [6.45, 7) is 1.35. The summed E-state index contributed by atoms with van der Waals surface area (Å²) in [6.07, 6.45) is 1.41. The van der Waals surface area contributed by atoms with Crippen LogP contribution in [0.5, 0.6) is 0 Å². The van der Waals surface area contributed by atoms with E-state index in [4.69, 9.17) is 0 Å². The maximum atomic E-state index is 14.0. The highest BCUT2D eigenvalue weighted by molar-refractivity contribution is 7.89. The molecule has 0 atom stereocenters. The van der Waals surface area contributed by atoms with Gasteiger partial charge in [0.25, 0.3) is 10.0 Å². The number of carbonyl (C=O) groups is 2. The van der Waals surface area contributed by atoms with Crippen LogP contribution in [0.25, 0.3) is 6.08 Å². The van der Waals surface area contributed by atoms with Crippen LogP contribution in [0.2, 0.25) is 0 Å². The fourth-order valence-electron chi connectivity index (χ4n) is 2.96. The normalized spacial score (nSPS) is 16.3. The van der Waals surface area contributed by atoms with Crippen LogP contribution in [0.4, 0.5) is 10.1 Å². The topological polar surface area (TPSA) is 83.6 Å². The van der Waals surface area contributed by atoms with E-state index in [1.165, 1.54) is 55.5 Å². The van der Waals surface area contributed by atoms with Crippen LogP contribution in [0.15, 0.2) is 59.1 Å². The predicted octanol–water partition coefficient (Wildman–Crippen LogP) is 3.18. The zero-order valence-electron chi connectivity index (χ0n) is 15.2. The van der Waals surface area contributed by atoms with Gasteiger partial charge in [-0.2, -0.15) is 0 Å². The van der Waals surface area contributed by atoms with E-state index in [1.807, 2.05) is 0 Å². The molecule has 2 aromatic carbocycles. The number of carbonyl (C=O) groups excluding carboxylic acids is 2. The number of nitrogens with one attached hydrogen (secondary N) is 1. The van der Waals surface area contributed by atoms with Crippen molar-refractivity contribution in [2.45, 2.75) is 24.7 Å². The first-order valence-electron chi connectivity index (χ1n) is 8.64.